The zero-order valence-electron chi connectivity index (χ0n) is 11.4. The lowest BCUT2D eigenvalue weighted by Crippen LogP contribution is -2.27. The van der Waals surface area contributed by atoms with E-state index in [1.165, 1.54) is 12.1 Å². The Morgan fingerprint density at radius 2 is 2.00 bits per heavy atom. The molecule has 21 heavy (non-hydrogen) atoms. The second-order valence-electron chi connectivity index (χ2n) is 4.72. The van der Waals surface area contributed by atoms with E-state index in [9.17, 15) is 22.8 Å². The SMILES string of the molecule is CC(CC(=O)NCCC(=O)O)c1cccc(C(F)(F)F)c1. The Hall–Kier alpha value is -2.05. The quantitative estimate of drug-likeness (QED) is 0.849. The summed E-state index contributed by atoms with van der Waals surface area (Å²) in [6, 6.07) is 4.83. The molecule has 0 saturated carbocycles. The Balaban J connectivity index is 2.61. The number of nitrogens with one attached hydrogen (secondary N) is 1. The van der Waals surface area contributed by atoms with Crippen molar-refractivity contribution >= 4 is 11.9 Å². The molecule has 116 valence electrons. The molecule has 0 saturated heterocycles. The van der Waals surface area contributed by atoms with Gasteiger partial charge in [-0.1, -0.05) is 25.1 Å². The summed E-state index contributed by atoms with van der Waals surface area (Å²) in [6.07, 6.45) is -4.61. The number of halogens is 3. The van der Waals surface area contributed by atoms with E-state index >= 15 is 0 Å². The van der Waals surface area contributed by atoms with Gasteiger partial charge in [0.1, 0.15) is 0 Å². The predicted molar refractivity (Wildman–Crippen MR) is 69.7 cm³/mol. The minimum absolute atomic E-state index is 0.000922. The van der Waals surface area contributed by atoms with Gasteiger partial charge in [0.05, 0.1) is 12.0 Å². The van der Waals surface area contributed by atoms with Gasteiger partial charge in [0.15, 0.2) is 0 Å². The van der Waals surface area contributed by atoms with Gasteiger partial charge in [-0.3, -0.25) is 9.59 Å². The molecule has 0 aliphatic carbocycles. The molecule has 0 radical (unpaired) electrons. The van der Waals surface area contributed by atoms with Gasteiger partial charge in [-0.15, -0.1) is 0 Å². The molecule has 4 nitrogen and oxygen atoms in total. The number of hydrogen-bond acceptors (Lipinski definition) is 2. The van der Waals surface area contributed by atoms with Crippen LogP contribution in [0.15, 0.2) is 24.3 Å². The van der Waals surface area contributed by atoms with Crippen molar-refractivity contribution in [2.45, 2.75) is 31.9 Å². The molecule has 1 aromatic carbocycles. The molecule has 1 unspecified atom stereocenters. The number of carbonyl (C=O) groups excluding carboxylic acids is 1. The van der Waals surface area contributed by atoms with Crippen LogP contribution in [0.4, 0.5) is 13.2 Å². The van der Waals surface area contributed by atoms with Gasteiger partial charge in [-0.05, 0) is 17.5 Å². The zero-order valence-corrected chi connectivity index (χ0v) is 11.4. The summed E-state index contributed by atoms with van der Waals surface area (Å²) >= 11 is 0. The Kier molecular flexibility index (Phi) is 5.75. The molecular formula is C14H16F3NO3. The average Bonchev–Trinajstić information content (AvgIpc) is 2.37. The highest BCUT2D eigenvalue weighted by Gasteiger charge is 2.30. The molecular weight excluding hydrogens is 287 g/mol. The summed E-state index contributed by atoms with van der Waals surface area (Å²) in [5, 5.41) is 10.9. The van der Waals surface area contributed by atoms with Crippen LogP contribution < -0.4 is 5.32 Å². The van der Waals surface area contributed by atoms with Gasteiger partial charge in [-0.2, -0.15) is 13.2 Å². The molecule has 0 heterocycles. The van der Waals surface area contributed by atoms with Crippen molar-refractivity contribution in [1.29, 1.82) is 0 Å². The third kappa shape index (κ3) is 5.85. The Morgan fingerprint density at radius 1 is 1.33 bits per heavy atom. The first-order chi connectivity index (χ1) is 9.70. The number of amides is 1. The van der Waals surface area contributed by atoms with Crippen molar-refractivity contribution < 1.29 is 27.9 Å². The number of aliphatic carboxylic acids is 1. The van der Waals surface area contributed by atoms with Gasteiger partial charge < -0.3 is 10.4 Å². The first-order valence-electron chi connectivity index (χ1n) is 6.36. The number of alkyl halides is 3. The minimum Gasteiger partial charge on any atom is -0.481 e. The number of carboxylic acid groups (broad SMARTS) is 1. The summed E-state index contributed by atoms with van der Waals surface area (Å²) in [4.78, 5) is 21.9. The van der Waals surface area contributed by atoms with Crippen molar-refractivity contribution in [1.82, 2.24) is 5.32 Å². The second kappa shape index (κ2) is 7.10. The molecule has 0 spiro atoms. The van der Waals surface area contributed by atoms with Crippen LogP contribution in [0.5, 0.6) is 0 Å². The van der Waals surface area contributed by atoms with Crippen LogP contribution in [0.2, 0.25) is 0 Å². The topological polar surface area (TPSA) is 66.4 Å². The number of carboxylic acids is 1. The third-order valence-corrected chi connectivity index (χ3v) is 2.94. The van der Waals surface area contributed by atoms with Gasteiger partial charge in [0.2, 0.25) is 5.91 Å². The fraction of sp³-hybridized carbons (Fsp3) is 0.429. The van der Waals surface area contributed by atoms with Crippen molar-refractivity contribution in [2.24, 2.45) is 0 Å². The van der Waals surface area contributed by atoms with E-state index in [-0.39, 0.29) is 25.3 Å². The van der Waals surface area contributed by atoms with Crippen molar-refractivity contribution in [2.75, 3.05) is 6.54 Å². The molecule has 1 amide bonds. The van der Waals surface area contributed by atoms with Gasteiger partial charge >= 0.3 is 12.1 Å². The number of rotatable bonds is 6. The highest BCUT2D eigenvalue weighted by atomic mass is 19.4. The molecule has 0 aliphatic rings. The van der Waals surface area contributed by atoms with E-state index in [4.69, 9.17) is 5.11 Å². The molecule has 1 atom stereocenters. The summed E-state index contributed by atoms with van der Waals surface area (Å²) < 4.78 is 37.8. The van der Waals surface area contributed by atoms with Crippen LogP contribution in [0.25, 0.3) is 0 Å². The summed E-state index contributed by atoms with van der Waals surface area (Å²) in [7, 11) is 0. The lowest BCUT2D eigenvalue weighted by Gasteiger charge is -2.14. The molecule has 1 rings (SSSR count). The highest BCUT2D eigenvalue weighted by Crippen LogP contribution is 2.31. The first-order valence-corrected chi connectivity index (χ1v) is 6.36. The predicted octanol–water partition coefficient (Wildman–Crippen LogP) is 2.79. The lowest BCUT2D eigenvalue weighted by atomic mass is 9.95. The van der Waals surface area contributed by atoms with E-state index in [0.29, 0.717) is 5.56 Å². The zero-order chi connectivity index (χ0) is 16.0. The van der Waals surface area contributed by atoms with Crippen LogP contribution in [0.3, 0.4) is 0 Å². The second-order valence-corrected chi connectivity index (χ2v) is 4.72. The fourth-order valence-corrected chi connectivity index (χ4v) is 1.80. The Bertz CT molecular complexity index is 514. The van der Waals surface area contributed by atoms with Crippen molar-refractivity contribution in [3.8, 4) is 0 Å². The molecule has 0 aliphatic heterocycles. The van der Waals surface area contributed by atoms with Crippen LogP contribution in [0, 0.1) is 0 Å². The average molecular weight is 303 g/mol. The number of carbonyl (C=O) groups is 2. The van der Waals surface area contributed by atoms with Gasteiger partial charge in [-0.25, -0.2) is 0 Å². The largest absolute Gasteiger partial charge is 0.481 e. The maximum absolute atomic E-state index is 12.6. The fourth-order valence-electron chi connectivity index (χ4n) is 1.80. The van der Waals surface area contributed by atoms with Crippen LogP contribution >= 0.6 is 0 Å². The van der Waals surface area contributed by atoms with Crippen LogP contribution in [0.1, 0.15) is 36.8 Å². The van der Waals surface area contributed by atoms with Gasteiger partial charge in [0, 0.05) is 13.0 Å². The van der Waals surface area contributed by atoms with E-state index in [1.807, 2.05) is 0 Å². The van der Waals surface area contributed by atoms with Crippen LogP contribution in [-0.4, -0.2) is 23.5 Å². The summed E-state index contributed by atoms with van der Waals surface area (Å²) in [5.74, 6) is -1.81. The summed E-state index contributed by atoms with van der Waals surface area (Å²) in [5.41, 5.74) is -0.337. The van der Waals surface area contributed by atoms with E-state index in [0.717, 1.165) is 12.1 Å². The standard InChI is InChI=1S/C14H16F3NO3/c1-9(7-12(19)18-6-5-13(20)21)10-3-2-4-11(8-10)14(15,16)17/h2-4,8-9H,5-7H2,1H3,(H,18,19)(H,20,21). The maximum atomic E-state index is 12.6. The molecule has 1 aromatic rings. The number of benzene rings is 1. The monoisotopic (exact) mass is 303 g/mol. The lowest BCUT2D eigenvalue weighted by molar-refractivity contribution is -0.138. The molecule has 7 heteroatoms. The first kappa shape index (κ1) is 17.0. The molecule has 0 bridgehead atoms. The number of hydrogen-bond donors (Lipinski definition) is 2. The minimum atomic E-state index is -4.42. The highest BCUT2D eigenvalue weighted by molar-refractivity contribution is 5.77. The molecule has 2 N–H and O–H groups in total. The Morgan fingerprint density at radius 3 is 2.57 bits per heavy atom. The normalized spacial score (nSPS) is 12.8. The van der Waals surface area contributed by atoms with E-state index in [1.54, 1.807) is 6.92 Å². The third-order valence-electron chi connectivity index (χ3n) is 2.94. The molecule has 0 fully saturated rings. The summed E-state index contributed by atoms with van der Waals surface area (Å²) in [6.45, 7) is 1.65. The van der Waals surface area contributed by atoms with Crippen LogP contribution in [-0.2, 0) is 15.8 Å². The Labute approximate surface area is 120 Å². The van der Waals surface area contributed by atoms with E-state index < -0.39 is 23.6 Å². The smallest absolute Gasteiger partial charge is 0.416 e. The van der Waals surface area contributed by atoms with Crippen molar-refractivity contribution in [3.63, 3.8) is 0 Å². The maximum Gasteiger partial charge on any atom is 0.416 e. The molecule has 0 aromatic heterocycles. The van der Waals surface area contributed by atoms with Gasteiger partial charge in [0.25, 0.3) is 0 Å². The van der Waals surface area contributed by atoms with E-state index in [2.05, 4.69) is 5.32 Å². The van der Waals surface area contributed by atoms with Crippen molar-refractivity contribution in [3.05, 3.63) is 35.4 Å².